The number of ether oxygens (including phenoxy) is 2. The third-order valence-corrected chi connectivity index (χ3v) is 3.70. The Hall–Kier alpha value is -2.86. The molecule has 0 fully saturated rings. The molecule has 24 heavy (non-hydrogen) atoms. The number of rotatable bonds is 6. The summed E-state index contributed by atoms with van der Waals surface area (Å²) in [5.41, 5.74) is 7.99. The number of methoxy groups -OCH3 is 2. The van der Waals surface area contributed by atoms with Crippen LogP contribution in [-0.4, -0.2) is 24.4 Å². The maximum atomic E-state index is 6.20. The van der Waals surface area contributed by atoms with Gasteiger partial charge in [-0.15, -0.1) is 0 Å². The molecule has 0 aliphatic carbocycles. The molecule has 3 aromatic rings. The average Bonchev–Trinajstić information content (AvgIpc) is 3.10. The van der Waals surface area contributed by atoms with E-state index in [1.54, 1.807) is 20.3 Å². The lowest BCUT2D eigenvalue weighted by Gasteiger charge is -2.08. The van der Waals surface area contributed by atoms with Crippen molar-refractivity contribution in [3.05, 3.63) is 60.0 Å². The molecule has 0 aliphatic rings. The number of hydrogen-bond acceptors (Lipinski definition) is 6. The molecule has 3 rings (SSSR count). The fourth-order valence-electron chi connectivity index (χ4n) is 2.40. The van der Waals surface area contributed by atoms with Crippen molar-refractivity contribution < 1.29 is 14.0 Å². The maximum Gasteiger partial charge on any atom is 0.228 e. The average molecular weight is 325 g/mol. The molecule has 0 bridgehead atoms. The van der Waals surface area contributed by atoms with E-state index in [4.69, 9.17) is 19.7 Å². The standard InChI is InChI=1S/C18H19N3O3/c1-22-14-8-13(9-15(10-14)23-2)18-20-17(24-21-18)11-16(19)12-6-4-3-5-7-12/h3-10,16H,11,19H2,1-2H3/t16-/m0/s1. The number of aromatic nitrogens is 2. The van der Waals surface area contributed by atoms with Gasteiger partial charge in [-0.05, 0) is 17.7 Å². The molecule has 0 saturated carbocycles. The van der Waals surface area contributed by atoms with Crippen LogP contribution in [0.4, 0.5) is 0 Å². The third kappa shape index (κ3) is 3.55. The van der Waals surface area contributed by atoms with Gasteiger partial charge in [-0.25, -0.2) is 0 Å². The minimum atomic E-state index is -0.195. The summed E-state index contributed by atoms with van der Waals surface area (Å²) >= 11 is 0. The Balaban J connectivity index is 1.81. The van der Waals surface area contributed by atoms with Gasteiger partial charge in [-0.1, -0.05) is 35.5 Å². The second-order valence-electron chi connectivity index (χ2n) is 5.33. The van der Waals surface area contributed by atoms with Gasteiger partial charge >= 0.3 is 0 Å². The summed E-state index contributed by atoms with van der Waals surface area (Å²) in [6.07, 6.45) is 0.470. The fraction of sp³-hybridized carbons (Fsp3) is 0.222. The lowest BCUT2D eigenvalue weighted by Crippen LogP contribution is -2.13. The van der Waals surface area contributed by atoms with E-state index in [9.17, 15) is 0 Å². The fourth-order valence-corrected chi connectivity index (χ4v) is 2.40. The van der Waals surface area contributed by atoms with Gasteiger partial charge in [0.1, 0.15) is 11.5 Å². The van der Waals surface area contributed by atoms with E-state index in [1.165, 1.54) is 0 Å². The molecule has 2 N–H and O–H groups in total. The van der Waals surface area contributed by atoms with Crippen LogP contribution in [0.25, 0.3) is 11.4 Å². The van der Waals surface area contributed by atoms with Crippen LogP contribution >= 0.6 is 0 Å². The largest absolute Gasteiger partial charge is 0.497 e. The van der Waals surface area contributed by atoms with Crippen molar-refractivity contribution in [1.29, 1.82) is 0 Å². The lowest BCUT2D eigenvalue weighted by molar-refractivity contribution is 0.370. The van der Waals surface area contributed by atoms with Crippen molar-refractivity contribution in [2.45, 2.75) is 12.5 Å². The van der Waals surface area contributed by atoms with Crippen molar-refractivity contribution in [2.24, 2.45) is 5.73 Å². The normalized spacial score (nSPS) is 12.0. The van der Waals surface area contributed by atoms with Gasteiger partial charge in [0.2, 0.25) is 11.7 Å². The van der Waals surface area contributed by atoms with Crippen molar-refractivity contribution in [3.8, 4) is 22.9 Å². The van der Waals surface area contributed by atoms with Crippen molar-refractivity contribution in [3.63, 3.8) is 0 Å². The molecule has 0 amide bonds. The molecule has 0 aliphatic heterocycles. The van der Waals surface area contributed by atoms with Gasteiger partial charge in [0, 0.05) is 24.1 Å². The zero-order valence-electron chi connectivity index (χ0n) is 13.6. The first-order valence-corrected chi connectivity index (χ1v) is 7.56. The SMILES string of the molecule is COc1cc(OC)cc(-c2noc(C[C@H](N)c3ccccc3)n2)c1. The van der Waals surface area contributed by atoms with Crippen molar-refractivity contribution >= 4 is 0 Å². The number of nitrogens with two attached hydrogens (primary N) is 1. The summed E-state index contributed by atoms with van der Waals surface area (Å²) in [4.78, 5) is 4.43. The quantitative estimate of drug-likeness (QED) is 0.750. The second kappa shape index (κ2) is 7.14. The van der Waals surface area contributed by atoms with E-state index in [0.29, 0.717) is 29.6 Å². The molecular formula is C18H19N3O3. The van der Waals surface area contributed by atoms with Crippen LogP contribution in [0.3, 0.4) is 0 Å². The number of hydrogen-bond donors (Lipinski definition) is 1. The summed E-state index contributed by atoms with van der Waals surface area (Å²) in [6.45, 7) is 0. The van der Waals surface area contributed by atoms with E-state index in [1.807, 2.05) is 42.5 Å². The highest BCUT2D eigenvalue weighted by Gasteiger charge is 2.15. The number of benzene rings is 2. The molecule has 1 aromatic heterocycles. The molecule has 6 nitrogen and oxygen atoms in total. The minimum Gasteiger partial charge on any atom is -0.497 e. The molecule has 0 radical (unpaired) electrons. The second-order valence-corrected chi connectivity index (χ2v) is 5.33. The Morgan fingerprint density at radius 3 is 2.33 bits per heavy atom. The molecule has 1 heterocycles. The van der Waals surface area contributed by atoms with Crippen LogP contribution in [0, 0.1) is 0 Å². The monoisotopic (exact) mass is 325 g/mol. The van der Waals surface area contributed by atoms with Gasteiger partial charge in [0.25, 0.3) is 0 Å². The maximum absolute atomic E-state index is 6.20. The Morgan fingerprint density at radius 1 is 1.04 bits per heavy atom. The molecule has 2 aromatic carbocycles. The summed E-state index contributed by atoms with van der Waals surface area (Å²) in [7, 11) is 3.19. The first-order chi connectivity index (χ1) is 11.7. The summed E-state index contributed by atoms with van der Waals surface area (Å²) in [6, 6.07) is 15.1. The highest BCUT2D eigenvalue weighted by Crippen LogP contribution is 2.28. The van der Waals surface area contributed by atoms with E-state index in [-0.39, 0.29) is 6.04 Å². The van der Waals surface area contributed by atoms with E-state index in [0.717, 1.165) is 11.1 Å². The van der Waals surface area contributed by atoms with Gasteiger partial charge in [0.15, 0.2) is 0 Å². The van der Waals surface area contributed by atoms with Crippen LogP contribution in [0.2, 0.25) is 0 Å². The minimum absolute atomic E-state index is 0.195. The van der Waals surface area contributed by atoms with Gasteiger partial charge in [-0.2, -0.15) is 4.98 Å². The Labute approximate surface area is 140 Å². The van der Waals surface area contributed by atoms with Gasteiger partial charge < -0.3 is 19.7 Å². The van der Waals surface area contributed by atoms with Crippen LogP contribution in [-0.2, 0) is 6.42 Å². The predicted octanol–water partition coefficient (Wildman–Crippen LogP) is 3.00. The van der Waals surface area contributed by atoms with E-state index < -0.39 is 0 Å². The summed E-state index contributed by atoms with van der Waals surface area (Å²) in [5.74, 6) is 2.29. The summed E-state index contributed by atoms with van der Waals surface area (Å²) < 4.78 is 15.9. The lowest BCUT2D eigenvalue weighted by atomic mass is 10.1. The molecule has 124 valence electrons. The van der Waals surface area contributed by atoms with Crippen LogP contribution in [0.15, 0.2) is 53.1 Å². The van der Waals surface area contributed by atoms with Crippen LogP contribution in [0.1, 0.15) is 17.5 Å². The first-order valence-electron chi connectivity index (χ1n) is 7.56. The molecular weight excluding hydrogens is 306 g/mol. The zero-order valence-corrected chi connectivity index (χ0v) is 13.6. The summed E-state index contributed by atoms with van der Waals surface area (Å²) in [5, 5.41) is 4.03. The molecule has 0 saturated heterocycles. The molecule has 6 heteroatoms. The topological polar surface area (TPSA) is 83.4 Å². The third-order valence-electron chi connectivity index (χ3n) is 3.70. The van der Waals surface area contributed by atoms with Crippen molar-refractivity contribution in [1.82, 2.24) is 10.1 Å². The Bertz CT molecular complexity index is 780. The number of nitrogens with zero attached hydrogens (tertiary/aromatic N) is 2. The Morgan fingerprint density at radius 2 is 1.71 bits per heavy atom. The van der Waals surface area contributed by atoms with Crippen LogP contribution in [0.5, 0.6) is 11.5 Å². The molecule has 1 atom stereocenters. The highest BCUT2D eigenvalue weighted by molar-refractivity contribution is 5.60. The van der Waals surface area contributed by atoms with Crippen molar-refractivity contribution in [2.75, 3.05) is 14.2 Å². The zero-order chi connectivity index (χ0) is 16.9. The van der Waals surface area contributed by atoms with E-state index in [2.05, 4.69) is 10.1 Å². The van der Waals surface area contributed by atoms with Gasteiger partial charge in [0.05, 0.1) is 14.2 Å². The smallest absolute Gasteiger partial charge is 0.228 e. The molecule has 0 unspecified atom stereocenters. The predicted molar refractivity (Wildman–Crippen MR) is 89.9 cm³/mol. The van der Waals surface area contributed by atoms with Gasteiger partial charge in [-0.3, -0.25) is 0 Å². The van der Waals surface area contributed by atoms with Crippen LogP contribution < -0.4 is 15.2 Å². The first kappa shape index (κ1) is 16.0. The highest BCUT2D eigenvalue weighted by atomic mass is 16.5. The van der Waals surface area contributed by atoms with E-state index >= 15 is 0 Å². The Kier molecular flexibility index (Phi) is 4.77. The molecule has 0 spiro atoms.